The van der Waals surface area contributed by atoms with Crippen molar-refractivity contribution in [1.82, 2.24) is 4.98 Å². The largest absolute Gasteiger partial charge is 0.478 e. The van der Waals surface area contributed by atoms with Gasteiger partial charge in [-0.15, -0.1) is 11.8 Å². The van der Waals surface area contributed by atoms with Crippen molar-refractivity contribution in [2.75, 3.05) is 4.72 Å². The van der Waals surface area contributed by atoms with E-state index in [0.29, 0.717) is 16.8 Å². The summed E-state index contributed by atoms with van der Waals surface area (Å²) in [6, 6.07) is 14.3. The van der Waals surface area contributed by atoms with E-state index in [9.17, 15) is 18.3 Å². The summed E-state index contributed by atoms with van der Waals surface area (Å²) in [5, 5.41) is 10.1. The fourth-order valence-corrected chi connectivity index (χ4v) is 4.74. The van der Waals surface area contributed by atoms with Crippen molar-refractivity contribution in [2.24, 2.45) is 0 Å². The van der Waals surface area contributed by atoms with Crippen LogP contribution in [0.2, 0.25) is 0 Å². The fourth-order valence-electron chi connectivity index (χ4n) is 2.79. The van der Waals surface area contributed by atoms with Crippen LogP contribution in [0, 0.1) is 20.8 Å². The second-order valence-electron chi connectivity index (χ2n) is 6.98. The number of rotatable bonds is 7. The molecule has 1 aromatic heterocycles. The molecule has 0 atom stereocenters. The van der Waals surface area contributed by atoms with Gasteiger partial charge in [-0.3, -0.25) is 4.72 Å². The van der Waals surface area contributed by atoms with Crippen LogP contribution in [0.1, 0.15) is 32.6 Å². The molecule has 0 bridgehead atoms. The average Bonchev–Trinajstić information content (AvgIpc) is 2.70. The molecule has 0 fully saturated rings. The van der Waals surface area contributed by atoms with Crippen LogP contribution in [0.5, 0.6) is 0 Å². The third-order valence-corrected chi connectivity index (χ3v) is 7.05. The van der Waals surface area contributed by atoms with Gasteiger partial charge in [0.25, 0.3) is 10.0 Å². The van der Waals surface area contributed by atoms with E-state index >= 15 is 0 Å². The molecule has 0 radical (unpaired) electrons. The molecule has 3 rings (SSSR count). The summed E-state index contributed by atoms with van der Waals surface area (Å²) < 4.78 is 27.9. The van der Waals surface area contributed by atoms with Gasteiger partial charge in [-0.1, -0.05) is 29.8 Å². The van der Waals surface area contributed by atoms with E-state index in [0.717, 1.165) is 10.8 Å². The zero-order chi connectivity index (χ0) is 21.9. The number of carboxylic acid groups (broad SMARTS) is 1. The lowest BCUT2D eigenvalue weighted by Crippen LogP contribution is -2.15. The Morgan fingerprint density at radius 2 is 1.77 bits per heavy atom. The third-order valence-electron chi connectivity index (χ3n) is 4.68. The second kappa shape index (κ2) is 8.89. The van der Waals surface area contributed by atoms with Gasteiger partial charge < -0.3 is 5.11 Å². The van der Waals surface area contributed by atoms with Gasteiger partial charge in [0, 0.05) is 5.75 Å². The predicted octanol–water partition coefficient (Wildman–Crippen LogP) is 4.80. The molecule has 0 saturated carbocycles. The van der Waals surface area contributed by atoms with E-state index in [1.165, 1.54) is 29.5 Å². The quantitative estimate of drug-likeness (QED) is 0.510. The summed E-state index contributed by atoms with van der Waals surface area (Å²) in [5.41, 5.74) is 3.80. The first-order valence-corrected chi connectivity index (χ1v) is 11.6. The Bertz CT molecular complexity index is 1170. The third kappa shape index (κ3) is 5.20. The zero-order valence-corrected chi connectivity index (χ0v) is 18.5. The van der Waals surface area contributed by atoms with Gasteiger partial charge in [-0.25, -0.2) is 18.2 Å². The molecule has 30 heavy (non-hydrogen) atoms. The summed E-state index contributed by atoms with van der Waals surface area (Å²) in [6.45, 7) is 5.38. The summed E-state index contributed by atoms with van der Waals surface area (Å²) in [5.74, 6) is -0.400. The minimum absolute atomic E-state index is 0.0312. The van der Waals surface area contributed by atoms with Crippen molar-refractivity contribution in [2.45, 2.75) is 36.4 Å². The van der Waals surface area contributed by atoms with Crippen molar-refractivity contribution in [3.05, 3.63) is 82.5 Å². The SMILES string of the molecule is Cc1ccc(CSc2ccc(NS(=O)(=O)c3cc(C)c(C)c(C(=O)O)c3)cn2)cc1. The number of aromatic nitrogens is 1. The summed E-state index contributed by atoms with van der Waals surface area (Å²) in [4.78, 5) is 15.6. The summed E-state index contributed by atoms with van der Waals surface area (Å²) in [7, 11) is -3.94. The predicted molar refractivity (Wildman–Crippen MR) is 119 cm³/mol. The topological polar surface area (TPSA) is 96.4 Å². The molecule has 156 valence electrons. The Morgan fingerprint density at radius 3 is 2.37 bits per heavy atom. The Kier molecular flexibility index (Phi) is 6.48. The van der Waals surface area contributed by atoms with E-state index in [-0.39, 0.29) is 10.5 Å². The van der Waals surface area contributed by atoms with Crippen LogP contribution >= 0.6 is 11.8 Å². The van der Waals surface area contributed by atoms with Crippen molar-refractivity contribution >= 4 is 33.4 Å². The molecule has 0 aliphatic heterocycles. The van der Waals surface area contributed by atoms with Gasteiger partial charge >= 0.3 is 5.97 Å². The molecule has 0 aliphatic rings. The van der Waals surface area contributed by atoms with Crippen molar-refractivity contribution < 1.29 is 18.3 Å². The number of thioether (sulfide) groups is 1. The Balaban J connectivity index is 1.73. The highest BCUT2D eigenvalue weighted by atomic mass is 32.2. The highest BCUT2D eigenvalue weighted by Gasteiger charge is 2.20. The number of aryl methyl sites for hydroxylation is 2. The highest BCUT2D eigenvalue weighted by molar-refractivity contribution is 7.98. The van der Waals surface area contributed by atoms with Crippen LogP contribution in [0.15, 0.2) is 64.6 Å². The van der Waals surface area contributed by atoms with Gasteiger partial charge in [0.15, 0.2) is 0 Å². The number of carbonyl (C=O) groups is 1. The molecule has 6 nitrogen and oxygen atoms in total. The smallest absolute Gasteiger partial charge is 0.336 e. The maximum absolute atomic E-state index is 12.7. The number of nitrogens with zero attached hydrogens (tertiary/aromatic N) is 1. The molecule has 8 heteroatoms. The molecule has 0 saturated heterocycles. The van der Waals surface area contributed by atoms with Crippen LogP contribution in [-0.4, -0.2) is 24.5 Å². The number of hydrogen-bond acceptors (Lipinski definition) is 5. The maximum atomic E-state index is 12.7. The molecule has 3 aromatic rings. The van der Waals surface area contributed by atoms with Crippen LogP contribution in [-0.2, 0) is 15.8 Å². The molecule has 0 amide bonds. The number of nitrogens with one attached hydrogen (secondary N) is 1. The second-order valence-corrected chi connectivity index (χ2v) is 9.66. The molecule has 1 heterocycles. The average molecular weight is 443 g/mol. The Labute approximate surface area is 180 Å². The van der Waals surface area contributed by atoms with Crippen LogP contribution in [0.3, 0.4) is 0 Å². The number of pyridine rings is 1. The van der Waals surface area contributed by atoms with E-state index in [1.54, 1.807) is 37.7 Å². The number of benzene rings is 2. The highest BCUT2D eigenvalue weighted by Crippen LogP contribution is 2.25. The molecule has 0 unspecified atom stereocenters. The van der Waals surface area contributed by atoms with Gasteiger partial charge in [-0.05, 0) is 61.7 Å². The van der Waals surface area contributed by atoms with E-state index in [4.69, 9.17) is 0 Å². The van der Waals surface area contributed by atoms with Crippen LogP contribution < -0.4 is 4.72 Å². The zero-order valence-electron chi connectivity index (χ0n) is 16.8. The number of anilines is 1. The molecule has 2 N–H and O–H groups in total. The lowest BCUT2D eigenvalue weighted by atomic mass is 10.0. The number of carboxylic acids is 1. The number of sulfonamides is 1. The normalized spacial score (nSPS) is 11.3. The van der Waals surface area contributed by atoms with Crippen molar-refractivity contribution in [1.29, 1.82) is 0 Å². The lowest BCUT2D eigenvalue weighted by molar-refractivity contribution is 0.0695. The number of hydrogen-bond donors (Lipinski definition) is 2. The first-order chi connectivity index (χ1) is 14.2. The van der Waals surface area contributed by atoms with Gasteiger partial charge in [0.05, 0.1) is 27.4 Å². The Morgan fingerprint density at radius 1 is 1.07 bits per heavy atom. The first kappa shape index (κ1) is 21.9. The minimum Gasteiger partial charge on any atom is -0.478 e. The molecular weight excluding hydrogens is 420 g/mol. The maximum Gasteiger partial charge on any atom is 0.336 e. The van der Waals surface area contributed by atoms with E-state index in [2.05, 4.69) is 34.0 Å². The Hall–Kier alpha value is -2.84. The van der Waals surface area contributed by atoms with Crippen molar-refractivity contribution in [3.63, 3.8) is 0 Å². The van der Waals surface area contributed by atoms with E-state index in [1.807, 2.05) is 6.92 Å². The van der Waals surface area contributed by atoms with Crippen molar-refractivity contribution in [3.8, 4) is 0 Å². The molecule has 2 aromatic carbocycles. The van der Waals surface area contributed by atoms with Crippen LogP contribution in [0.4, 0.5) is 5.69 Å². The van der Waals surface area contributed by atoms with E-state index < -0.39 is 16.0 Å². The van der Waals surface area contributed by atoms with Gasteiger partial charge in [0.1, 0.15) is 0 Å². The minimum atomic E-state index is -3.94. The van der Waals surface area contributed by atoms with Gasteiger partial charge in [-0.2, -0.15) is 0 Å². The van der Waals surface area contributed by atoms with Gasteiger partial charge in [0.2, 0.25) is 0 Å². The molecule has 0 aliphatic carbocycles. The van der Waals surface area contributed by atoms with Crippen LogP contribution in [0.25, 0.3) is 0 Å². The number of aromatic carboxylic acids is 1. The molecular formula is C22H22N2O4S2. The monoisotopic (exact) mass is 442 g/mol. The summed E-state index contributed by atoms with van der Waals surface area (Å²) in [6.07, 6.45) is 1.45. The summed E-state index contributed by atoms with van der Waals surface area (Å²) >= 11 is 1.56. The molecule has 0 spiro atoms. The first-order valence-electron chi connectivity index (χ1n) is 9.17. The standard InChI is InChI=1S/C22H22N2O4S2/c1-14-4-6-17(7-5-14)13-29-21-9-8-18(12-23-21)24-30(27,28)19-10-15(2)16(3)20(11-19)22(25)26/h4-12,24H,13H2,1-3H3,(H,25,26). The fraction of sp³-hybridized carbons (Fsp3) is 0.182. The lowest BCUT2D eigenvalue weighted by Gasteiger charge is -2.12.